The number of rotatable bonds is 23. The maximum atomic E-state index is 12.0. The first kappa shape index (κ1) is 31.7. The molecule has 2 heterocycles. The Kier molecular flexibility index (Phi) is 17.5. The minimum absolute atomic E-state index is 0.0493. The molecule has 0 aromatic rings. The lowest BCUT2D eigenvalue weighted by Crippen LogP contribution is -2.36. The zero-order valence-corrected chi connectivity index (χ0v) is 23.6. The molecular formula is C27H50N4O5S. The molecule has 3 atom stereocenters. The number of nitrogens with one attached hydrogen (secondary N) is 4. The van der Waals surface area contributed by atoms with Crippen LogP contribution in [0.25, 0.3) is 0 Å². The van der Waals surface area contributed by atoms with Gasteiger partial charge in [0.2, 0.25) is 11.8 Å². The average molecular weight is 543 g/mol. The van der Waals surface area contributed by atoms with Crippen LogP contribution in [0.3, 0.4) is 0 Å². The molecule has 10 heteroatoms. The summed E-state index contributed by atoms with van der Waals surface area (Å²) in [6, 6.07) is 0.451. The van der Waals surface area contributed by atoms with Gasteiger partial charge in [-0.05, 0) is 51.4 Å². The van der Waals surface area contributed by atoms with Gasteiger partial charge in [-0.1, -0.05) is 26.2 Å². The van der Waals surface area contributed by atoms with Crippen molar-refractivity contribution < 1.29 is 23.9 Å². The van der Waals surface area contributed by atoms with E-state index in [2.05, 4.69) is 28.2 Å². The zero-order chi connectivity index (χ0) is 26.6. The molecule has 2 fully saturated rings. The number of hydrogen-bond donors (Lipinski definition) is 4. The van der Waals surface area contributed by atoms with Gasteiger partial charge in [0.1, 0.15) is 0 Å². The smallest absolute Gasteiger partial charge is 0.315 e. The molecule has 2 aliphatic heterocycles. The molecule has 0 aromatic carbocycles. The van der Waals surface area contributed by atoms with Crippen LogP contribution in [0.1, 0.15) is 90.4 Å². The second kappa shape index (κ2) is 20.4. The van der Waals surface area contributed by atoms with Crippen molar-refractivity contribution in [3.8, 4) is 0 Å². The molecule has 2 saturated heterocycles. The maximum Gasteiger partial charge on any atom is 0.315 e. The molecule has 37 heavy (non-hydrogen) atoms. The van der Waals surface area contributed by atoms with Crippen molar-refractivity contribution in [2.75, 3.05) is 45.3 Å². The molecule has 0 radical (unpaired) electrons. The molecule has 3 unspecified atom stereocenters. The summed E-state index contributed by atoms with van der Waals surface area (Å²) in [5.41, 5.74) is 0. The molecule has 0 spiro atoms. The van der Waals surface area contributed by atoms with Crippen molar-refractivity contribution >= 4 is 29.6 Å². The van der Waals surface area contributed by atoms with Crippen molar-refractivity contribution in [3.05, 3.63) is 0 Å². The van der Waals surface area contributed by atoms with Gasteiger partial charge in [0.05, 0.1) is 12.1 Å². The Balaban J connectivity index is 1.29. The van der Waals surface area contributed by atoms with Crippen LogP contribution in [0.2, 0.25) is 0 Å². The van der Waals surface area contributed by atoms with Crippen LogP contribution < -0.4 is 21.3 Å². The van der Waals surface area contributed by atoms with E-state index in [1.54, 1.807) is 0 Å². The Morgan fingerprint density at radius 2 is 1.43 bits per heavy atom. The Hall–Kier alpha value is -1.52. The summed E-state index contributed by atoms with van der Waals surface area (Å²) in [6.07, 6.45) is 11.8. The van der Waals surface area contributed by atoms with Crippen LogP contribution in [-0.2, 0) is 19.1 Å². The Bertz CT molecular complexity index is 654. The van der Waals surface area contributed by atoms with Crippen LogP contribution in [0, 0.1) is 0 Å². The normalized spacial score (nSPS) is 20.4. The number of ether oxygens (including phenoxy) is 2. The monoisotopic (exact) mass is 542 g/mol. The molecule has 9 nitrogen and oxygen atoms in total. The summed E-state index contributed by atoms with van der Waals surface area (Å²) in [4.78, 5) is 35.4. The van der Waals surface area contributed by atoms with Crippen LogP contribution in [0.15, 0.2) is 0 Å². The topological polar surface area (TPSA) is 118 Å². The van der Waals surface area contributed by atoms with E-state index in [1.807, 2.05) is 11.8 Å². The van der Waals surface area contributed by atoms with Crippen LogP contribution in [-0.4, -0.2) is 80.4 Å². The first-order valence-electron chi connectivity index (χ1n) is 14.5. The fourth-order valence-electron chi connectivity index (χ4n) is 4.53. The zero-order valence-electron chi connectivity index (χ0n) is 22.8. The molecule has 2 aliphatic rings. The number of unbranched alkanes of at least 4 members (excludes halogenated alkanes) is 5. The Morgan fingerprint density at radius 3 is 2.14 bits per heavy atom. The van der Waals surface area contributed by atoms with Gasteiger partial charge in [-0.2, -0.15) is 11.8 Å². The van der Waals surface area contributed by atoms with Gasteiger partial charge in [0.15, 0.2) is 0 Å². The molecule has 4 N–H and O–H groups in total. The first-order valence-corrected chi connectivity index (χ1v) is 15.5. The highest BCUT2D eigenvalue weighted by molar-refractivity contribution is 8.00. The Morgan fingerprint density at radius 1 is 0.811 bits per heavy atom. The predicted octanol–water partition coefficient (Wildman–Crippen LogP) is 3.51. The third-order valence-electron chi connectivity index (χ3n) is 6.74. The fraction of sp³-hybridized carbons (Fsp3) is 0.889. The average Bonchev–Trinajstić information content (AvgIpc) is 3.43. The van der Waals surface area contributed by atoms with Gasteiger partial charge < -0.3 is 30.7 Å². The van der Waals surface area contributed by atoms with Gasteiger partial charge >= 0.3 is 6.03 Å². The minimum atomic E-state index is -0.0493. The number of fused-ring (bicyclic) bond motifs is 1. The summed E-state index contributed by atoms with van der Waals surface area (Å²) < 4.78 is 11.1. The third-order valence-corrected chi connectivity index (χ3v) is 8.25. The number of amides is 4. The van der Waals surface area contributed by atoms with Gasteiger partial charge in [0.25, 0.3) is 0 Å². The molecule has 0 bridgehead atoms. The quantitative estimate of drug-likeness (QED) is 0.116. The maximum absolute atomic E-state index is 12.0. The molecule has 4 amide bonds. The predicted molar refractivity (Wildman–Crippen MR) is 149 cm³/mol. The highest BCUT2D eigenvalue weighted by Crippen LogP contribution is 2.33. The lowest BCUT2D eigenvalue weighted by atomic mass is 10.0. The second-order valence-corrected chi connectivity index (χ2v) is 11.3. The van der Waals surface area contributed by atoms with Crippen molar-refractivity contribution in [2.24, 2.45) is 0 Å². The van der Waals surface area contributed by atoms with E-state index < -0.39 is 0 Å². The summed E-state index contributed by atoms with van der Waals surface area (Å²) in [7, 11) is 0. The molecule has 0 aliphatic carbocycles. The number of hydrogen-bond acceptors (Lipinski definition) is 6. The summed E-state index contributed by atoms with van der Waals surface area (Å²) in [6.45, 7) is 6.58. The lowest BCUT2D eigenvalue weighted by molar-refractivity contribution is -0.122. The standard InChI is InChI=1S/C27H50N4O5S/c1-2-3-17-35-18-9-10-19-36-20-11-16-29-24(32)13-5-4-8-15-28-25(33)14-7-6-12-23-26-22(21-37-23)30-27(34)31-26/h22-23,26H,2-21H2,1H3,(H,28,33)(H,29,32)(H2,30,31,34). The molecular weight excluding hydrogens is 492 g/mol. The molecule has 2 rings (SSSR count). The highest BCUT2D eigenvalue weighted by atomic mass is 32.2. The van der Waals surface area contributed by atoms with Gasteiger partial charge in [-0.25, -0.2) is 4.79 Å². The second-order valence-electron chi connectivity index (χ2n) is 10.0. The van der Waals surface area contributed by atoms with E-state index in [9.17, 15) is 14.4 Å². The van der Waals surface area contributed by atoms with Crippen LogP contribution >= 0.6 is 11.8 Å². The third kappa shape index (κ3) is 14.9. The fourth-order valence-corrected chi connectivity index (χ4v) is 6.07. The molecule has 0 saturated carbocycles. The SMILES string of the molecule is CCCCOCCCCOCCCNC(=O)CCCCCNC(=O)CCCCC1SCC2NC(=O)NC21. The highest BCUT2D eigenvalue weighted by Gasteiger charge is 2.42. The van der Waals surface area contributed by atoms with Crippen LogP contribution in [0.4, 0.5) is 4.79 Å². The van der Waals surface area contributed by atoms with Crippen molar-refractivity contribution in [3.63, 3.8) is 0 Å². The summed E-state index contributed by atoms with van der Waals surface area (Å²) >= 11 is 1.91. The van der Waals surface area contributed by atoms with E-state index in [1.165, 1.54) is 6.42 Å². The van der Waals surface area contributed by atoms with Gasteiger partial charge in [0, 0.05) is 63.4 Å². The van der Waals surface area contributed by atoms with E-state index in [4.69, 9.17) is 9.47 Å². The van der Waals surface area contributed by atoms with E-state index in [0.29, 0.717) is 37.8 Å². The number of carbonyl (C=O) groups excluding carboxylic acids is 3. The minimum Gasteiger partial charge on any atom is -0.381 e. The number of thioether (sulfide) groups is 1. The van der Waals surface area contributed by atoms with Crippen molar-refractivity contribution in [1.82, 2.24) is 21.3 Å². The summed E-state index contributed by atoms with van der Waals surface area (Å²) in [5.74, 6) is 1.17. The number of urea groups is 1. The largest absolute Gasteiger partial charge is 0.381 e. The van der Waals surface area contributed by atoms with E-state index in [0.717, 1.165) is 89.8 Å². The first-order chi connectivity index (χ1) is 18.1. The molecule has 0 aromatic heterocycles. The molecule has 214 valence electrons. The van der Waals surface area contributed by atoms with E-state index >= 15 is 0 Å². The van der Waals surface area contributed by atoms with Crippen LogP contribution in [0.5, 0.6) is 0 Å². The van der Waals surface area contributed by atoms with E-state index in [-0.39, 0.29) is 29.9 Å². The number of carbonyl (C=O) groups is 3. The van der Waals surface area contributed by atoms with Gasteiger partial charge in [-0.3, -0.25) is 9.59 Å². The van der Waals surface area contributed by atoms with Crippen molar-refractivity contribution in [1.29, 1.82) is 0 Å². The van der Waals surface area contributed by atoms with Gasteiger partial charge in [-0.15, -0.1) is 0 Å². The van der Waals surface area contributed by atoms with Crippen molar-refractivity contribution in [2.45, 2.75) is 108 Å². The lowest BCUT2D eigenvalue weighted by Gasteiger charge is -2.16. The Labute approximate surface area is 227 Å². The summed E-state index contributed by atoms with van der Waals surface area (Å²) in [5, 5.41) is 12.4.